The fourth-order valence-electron chi connectivity index (χ4n) is 3.94. The molecule has 2 nitrogen and oxygen atoms in total. The number of hydrogen-bond acceptors (Lipinski definition) is 2. The molecule has 0 aromatic carbocycles. The van der Waals surface area contributed by atoms with E-state index in [2.05, 4.69) is 16.8 Å². The van der Waals surface area contributed by atoms with Gasteiger partial charge in [0, 0.05) is 31.2 Å². The van der Waals surface area contributed by atoms with Gasteiger partial charge in [0.1, 0.15) is 0 Å². The van der Waals surface area contributed by atoms with Crippen molar-refractivity contribution in [2.75, 3.05) is 20.1 Å². The Kier molecular flexibility index (Phi) is 2.29. The van der Waals surface area contributed by atoms with Crippen molar-refractivity contribution in [1.82, 2.24) is 9.80 Å². The number of rotatable bonds is 1. The van der Waals surface area contributed by atoms with E-state index in [-0.39, 0.29) is 0 Å². The van der Waals surface area contributed by atoms with Crippen LogP contribution < -0.4 is 0 Å². The highest BCUT2D eigenvalue weighted by Gasteiger charge is 2.42. The number of likely N-dealkylation sites (tertiary alicyclic amines) is 1. The molecule has 80 valence electrons. The summed E-state index contributed by atoms with van der Waals surface area (Å²) in [6.45, 7) is 2.65. The van der Waals surface area contributed by atoms with Gasteiger partial charge < -0.3 is 4.90 Å². The molecule has 2 aliphatic heterocycles. The van der Waals surface area contributed by atoms with E-state index in [4.69, 9.17) is 0 Å². The summed E-state index contributed by atoms with van der Waals surface area (Å²) in [6.07, 6.45) is 8.86. The Morgan fingerprint density at radius 1 is 0.786 bits per heavy atom. The first-order chi connectivity index (χ1) is 6.84. The van der Waals surface area contributed by atoms with Crippen LogP contribution in [0.4, 0.5) is 0 Å². The zero-order valence-electron chi connectivity index (χ0n) is 9.28. The van der Waals surface area contributed by atoms with Crippen LogP contribution in [0, 0.1) is 0 Å². The first-order valence-corrected chi connectivity index (χ1v) is 6.30. The smallest absolute Gasteiger partial charge is 0.0230 e. The molecule has 0 spiro atoms. The van der Waals surface area contributed by atoms with Gasteiger partial charge in [-0.15, -0.1) is 0 Å². The summed E-state index contributed by atoms with van der Waals surface area (Å²) >= 11 is 0. The third kappa shape index (κ3) is 1.40. The third-order valence-corrected chi connectivity index (χ3v) is 4.47. The average Bonchev–Trinajstić information content (AvgIpc) is 2.72. The molecule has 3 rings (SSSR count). The summed E-state index contributed by atoms with van der Waals surface area (Å²) in [7, 11) is 2.29. The SMILES string of the molecule is CN1CC2CCC(C1)N2C1CCCC1. The monoisotopic (exact) mass is 194 g/mol. The molecule has 2 heteroatoms. The summed E-state index contributed by atoms with van der Waals surface area (Å²) < 4.78 is 0. The normalized spacial score (nSPS) is 40.9. The van der Waals surface area contributed by atoms with Crippen molar-refractivity contribution >= 4 is 0 Å². The second kappa shape index (κ2) is 3.49. The summed E-state index contributed by atoms with van der Waals surface area (Å²) in [5.74, 6) is 0. The maximum absolute atomic E-state index is 2.90. The van der Waals surface area contributed by atoms with Gasteiger partial charge in [0.25, 0.3) is 0 Å². The van der Waals surface area contributed by atoms with Gasteiger partial charge >= 0.3 is 0 Å². The molecule has 3 fully saturated rings. The van der Waals surface area contributed by atoms with Gasteiger partial charge in [0.15, 0.2) is 0 Å². The van der Waals surface area contributed by atoms with Crippen LogP contribution in [-0.2, 0) is 0 Å². The van der Waals surface area contributed by atoms with Gasteiger partial charge in [-0.1, -0.05) is 12.8 Å². The second-order valence-corrected chi connectivity index (χ2v) is 5.49. The number of hydrogen-bond donors (Lipinski definition) is 0. The van der Waals surface area contributed by atoms with E-state index in [0.717, 1.165) is 18.1 Å². The lowest BCUT2D eigenvalue weighted by molar-refractivity contribution is 0.0464. The Hall–Kier alpha value is -0.0800. The van der Waals surface area contributed by atoms with Crippen LogP contribution in [0.15, 0.2) is 0 Å². The number of piperazine rings is 1. The molecular formula is C12H22N2. The Balaban J connectivity index is 1.74. The number of nitrogens with zero attached hydrogens (tertiary/aromatic N) is 2. The van der Waals surface area contributed by atoms with Gasteiger partial charge in [0.05, 0.1) is 0 Å². The van der Waals surface area contributed by atoms with E-state index in [0.29, 0.717) is 0 Å². The second-order valence-electron chi connectivity index (χ2n) is 5.49. The minimum atomic E-state index is 0.904. The zero-order valence-corrected chi connectivity index (χ0v) is 9.28. The highest BCUT2D eigenvalue weighted by atomic mass is 15.3. The first-order valence-electron chi connectivity index (χ1n) is 6.30. The van der Waals surface area contributed by atoms with Crippen LogP contribution >= 0.6 is 0 Å². The summed E-state index contributed by atoms with van der Waals surface area (Å²) in [5, 5.41) is 0. The Morgan fingerprint density at radius 3 is 1.93 bits per heavy atom. The maximum Gasteiger partial charge on any atom is 0.0230 e. The largest absolute Gasteiger partial charge is 0.303 e. The van der Waals surface area contributed by atoms with Crippen molar-refractivity contribution in [2.24, 2.45) is 0 Å². The minimum Gasteiger partial charge on any atom is -0.303 e. The molecule has 0 aromatic heterocycles. The zero-order chi connectivity index (χ0) is 9.54. The topological polar surface area (TPSA) is 6.48 Å². The van der Waals surface area contributed by atoms with E-state index in [9.17, 15) is 0 Å². The lowest BCUT2D eigenvalue weighted by Gasteiger charge is -2.43. The van der Waals surface area contributed by atoms with E-state index in [1.54, 1.807) is 0 Å². The van der Waals surface area contributed by atoms with Crippen LogP contribution in [0.1, 0.15) is 38.5 Å². The van der Waals surface area contributed by atoms with Crippen LogP contribution in [-0.4, -0.2) is 48.1 Å². The van der Waals surface area contributed by atoms with E-state index >= 15 is 0 Å². The molecule has 2 saturated heterocycles. The highest BCUT2D eigenvalue weighted by molar-refractivity contribution is 4.98. The van der Waals surface area contributed by atoms with Crippen LogP contribution in [0.25, 0.3) is 0 Å². The van der Waals surface area contributed by atoms with Crippen molar-refractivity contribution in [3.05, 3.63) is 0 Å². The molecule has 0 aromatic rings. The molecule has 0 N–H and O–H groups in total. The molecule has 2 atom stereocenters. The van der Waals surface area contributed by atoms with Crippen LogP contribution in [0.5, 0.6) is 0 Å². The van der Waals surface area contributed by atoms with Crippen molar-refractivity contribution in [3.63, 3.8) is 0 Å². The third-order valence-electron chi connectivity index (χ3n) is 4.47. The predicted octanol–water partition coefficient (Wildman–Crippen LogP) is 1.71. The van der Waals surface area contributed by atoms with Gasteiger partial charge in [-0.25, -0.2) is 0 Å². The Bertz CT molecular complexity index is 196. The van der Waals surface area contributed by atoms with Crippen molar-refractivity contribution in [2.45, 2.75) is 56.7 Å². The number of fused-ring (bicyclic) bond motifs is 2. The lowest BCUT2D eigenvalue weighted by Crippen LogP contribution is -2.55. The molecule has 14 heavy (non-hydrogen) atoms. The van der Waals surface area contributed by atoms with Gasteiger partial charge in [-0.3, -0.25) is 4.90 Å². The maximum atomic E-state index is 2.90. The first kappa shape index (κ1) is 9.17. The van der Waals surface area contributed by atoms with Crippen molar-refractivity contribution in [3.8, 4) is 0 Å². The molecule has 3 aliphatic rings. The Labute approximate surface area is 87.3 Å². The standard InChI is InChI=1S/C12H22N2/c1-13-8-11-6-7-12(9-13)14(11)10-4-2-3-5-10/h10-12H,2-9H2,1H3. The molecule has 1 aliphatic carbocycles. The molecular weight excluding hydrogens is 172 g/mol. The van der Waals surface area contributed by atoms with Gasteiger partial charge in [-0.05, 0) is 32.7 Å². The van der Waals surface area contributed by atoms with Crippen LogP contribution in [0.3, 0.4) is 0 Å². The average molecular weight is 194 g/mol. The van der Waals surface area contributed by atoms with Crippen molar-refractivity contribution < 1.29 is 0 Å². The molecule has 2 heterocycles. The summed E-state index contributed by atoms with van der Waals surface area (Å²) in [4.78, 5) is 5.43. The fraction of sp³-hybridized carbons (Fsp3) is 1.00. The number of likely N-dealkylation sites (N-methyl/N-ethyl adjacent to an activating group) is 1. The van der Waals surface area contributed by atoms with E-state index in [1.807, 2.05) is 0 Å². The quantitative estimate of drug-likeness (QED) is 0.627. The molecule has 0 amide bonds. The van der Waals surface area contributed by atoms with Gasteiger partial charge in [-0.2, -0.15) is 0 Å². The fourth-order valence-corrected chi connectivity index (χ4v) is 3.94. The summed E-state index contributed by atoms with van der Waals surface area (Å²) in [6, 6.07) is 2.77. The van der Waals surface area contributed by atoms with Crippen LogP contribution in [0.2, 0.25) is 0 Å². The van der Waals surface area contributed by atoms with E-state index < -0.39 is 0 Å². The Morgan fingerprint density at radius 2 is 1.36 bits per heavy atom. The van der Waals surface area contributed by atoms with E-state index in [1.165, 1.54) is 51.6 Å². The predicted molar refractivity (Wildman–Crippen MR) is 58.4 cm³/mol. The molecule has 1 saturated carbocycles. The molecule has 2 unspecified atom stereocenters. The summed E-state index contributed by atoms with van der Waals surface area (Å²) in [5.41, 5.74) is 0. The van der Waals surface area contributed by atoms with Crippen molar-refractivity contribution in [1.29, 1.82) is 0 Å². The molecule has 2 bridgehead atoms. The lowest BCUT2D eigenvalue weighted by atomic mass is 10.1. The minimum absolute atomic E-state index is 0.904. The van der Waals surface area contributed by atoms with Gasteiger partial charge in [0.2, 0.25) is 0 Å². The highest BCUT2D eigenvalue weighted by Crippen LogP contribution is 2.36. The molecule has 0 radical (unpaired) electrons.